The van der Waals surface area contributed by atoms with Gasteiger partial charge in [0, 0.05) is 0 Å². The molecule has 3 heteroatoms. The summed E-state index contributed by atoms with van der Waals surface area (Å²) in [6.45, 7) is 6.49. The molecule has 0 unspecified atom stereocenters. The highest BCUT2D eigenvalue weighted by Gasteiger charge is 2.29. The minimum atomic E-state index is -0.359. The minimum Gasteiger partial charge on any atom is -0.460 e. The molecule has 0 amide bonds. The SMILES string of the molecule is CC(C)(C)OC(=O)[C@H]1CC[C@H](CN)CC1. The van der Waals surface area contributed by atoms with E-state index in [0.29, 0.717) is 5.92 Å². The van der Waals surface area contributed by atoms with Crippen LogP contribution in [0.5, 0.6) is 0 Å². The van der Waals surface area contributed by atoms with E-state index in [1.807, 2.05) is 20.8 Å². The second kappa shape index (κ2) is 4.97. The largest absolute Gasteiger partial charge is 0.460 e. The lowest BCUT2D eigenvalue weighted by atomic mass is 9.82. The van der Waals surface area contributed by atoms with Gasteiger partial charge >= 0.3 is 5.97 Å². The Balaban J connectivity index is 2.37. The van der Waals surface area contributed by atoms with E-state index in [9.17, 15) is 4.79 Å². The number of hydrogen-bond donors (Lipinski definition) is 1. The lowest BCUT2D eigenvalue weighted by Crippen LogP contribution is -2.32. The zero-order valence-corrected chi connectivity index (χ0v) is 10.1. The Morgan fingerprint density at radius 2 is 1.80 bits per heavy atom. The molecule has 1 aliphatic rings. The fourth-order valence-corrected chi connectivity index (χ4v) is 2.02. The van der Waals surface area contributed by atoms with Crippen LogP contribution in [0, 0.1) is 11.8 Å². The van der Waals surface area contributed by atoms with Crippen molar-refractivity contribution in [1.29, 1.82) is 0 Å². The molecule has 1 rings (SSSR count). The fourth-order valence-electron chi connectivity index (χ4n) is 2.02. The van der Waals surface area contributed by atoms with Gasteiger partial charge in [-0.15, -0.1) is 0 Å². The molecule has 0 aromatic rings. The normalized spacial score (nSPS) is 27.5. The van der Waals surface area contributed by atoms with Gasteiger partial charge in [0.1, 0.15) is 5.60 Å². The summed E-state index contributed by atoms with van der Waals surface area (Å²) in [5.41, 5.74) is 5.25. The van der Waals surface area contributed by atoms with Crippen LogP contribution in [0.25, 0.3) is 0 Å². The van der Waals surface area contributed by atoms with Gasteiger partial charge in [-0.3, -0.25) is 4.79 Å². The van der Waals surface area contributed by atoms with E-state index in [2.05, 4.69) is 0 Å². The summed E-state index contributed by atoms with van der Waals surface area (Å²) in [5, 5.41) is 0. The standard InChI is InChI=1S/C12H23NO2/c1-12(2,3)15-11(14)10-6-4-9(8-13)5-7-10/h9-10H,4-8,13H2,1-3H3/t9-,10-. The van der Waals surface area contributed by atoms with Crippen molar-refractivity contribution >= 4 is 5.97 Å². The molecule has 0 aromatic heterocycles. The molecule has 0 heterocycles. The van der Waals surface area contributed by atoms with Crippen molar-refractivity contribution in [2.24, 2.45) is 17.6 Å². The quantitative estimate of drug-likeness (QED) is 0.715. The predicted molar refractivity (Wildman–Crippen MR) is 60.3 cm³/mol. The number of carbonyl (C=O) groups is 1. The summed E-state index contributed by atoms with van der Waals surface area (Å²) in [7, 11) is 0. The van der Waals surface area contributed by atoms with E-state index in [1.54, 1.807) is 0 Å². The highest BCUT2D eigenvalue weighted by atomic mass is 16.6. The molecular formula is C12H23NO2. The third-order valence-electron chi connectivity index (χ3n) is 2.92. The molecule has 0 radical (unpaired) electrons. The van der Waals surface area contributed by atoms with E-state index in [0.717, 1.165) is 32.2 Å². The monoisotopic (exact) mass is 213 g/mol. The first-order valence-corrected chi connectivity index (χ1v) is 5.85. The number of ether oxygens (including phenoxy) is 1. The molecule has 0 spiro atoms. The van der Waals surface area contributed by atoms with E-state index in [-0.39, 0.29) is 17.5 Å². The average Bonchev–Trinajstić information content (AvgIpc) is 2.15. The summed E-state index contributed by atoms with van der Waals surface area (Å²) < 4.78 is 5.38. The third kappa shape index (κ3) is 4.20. The van der Waals surface area contributed by atoms with Crippen LogP contribution in [0.4, 0.5) is 0 Å². The number of rotatable bonds is 2. The maximum atomic E-state index is 11.8. The molecule has 1 aliphatic carbocycles. The van der Waals surface area contributed by atoms with Crippen molar-refractivity contribution in [3.05, 3.63) is 0 Å². The van der Waals surface area contributed by atoms with E-state index < -0.39 is 0 Å². The molecule has 88 valence electrons. The molecule has 0 aliphatic heterocycles. The van der Waals surface area contributed by atoms with Gasteiger partial charge in [0.25, 0.3) is 0 Å². The van der Waals surface area contributed by atoms with Crippen LogP contribution >= 0.6 is 0 Å². The van der Waals surface area contributed by atoms with Gasteiger partial charge in [-0.25, -0.2) is 0 Å². The average molecular weight is 213 g/mol. The molecule has 0 aromatic carbocycles. The predicted octanol–water partition coefficient (Wildman–Crippen LogP) is 2.09. The van der Waals surface area contributed by atoms with Gasteiger partial charge < -0.3 is 10.5 Å². The molecule has 0 atom stereocenters. The number of carbonyl (C=O) groups excluding carboxylic acids is 1. The lowest BCUT2D eigenvalue weighted by Gasteiger charge is -2.29. The molecule has 0 bridgehead atoms. The molecule has 1 saturated carbocycles. The zero-order valence-electron chi connectivity index (χ0n) is 10.1. The van der Waals surface area contributed by atoms with Crippen LogP contribution in [0.15, 0.2) is 0 Å². The highest BCUT2D eigenvalue weighted by Crippen LogP contribution is 2.29. The number of esters is 1. The molecule has 15 heavy (non-hydrogen) atoms. The van der Waals surface area contributed by atoms with E-state index in [4.69, 9.17) is 10.5 Å². The van der Waals surface area contributed by atoms with Crippen molar-refractivity contribution < 1.29 is 9.53 Å². The second-order valence-corrected chi connectivity index (χ2v) is 5.49. The smallest absolute Gasteiger partial charge is 0.309 e. The first-order chi connectivity index (χ1) is 6.92. The van der Waals surface area contributed by atoms with Crippen molar-refractivity contribution in [2.45, 2.75) is 52.1 Å². The Bertz CT molecular complexity index is 212. The van der Waals surface area contributed by atoms with Crippen molar-refractivity contribution in [3.63, 3.8) is 0 Å². The van der Waals surface area contributed by atoms with Crippen molar-refractivity contribution in [3.8, 4) is 0 Å². The summed E-state index contributed by atoms with van der Waals surface area (Å²) in [4.78, 5) is 11.8. The van der Waals surface area contributed by atoms with Crippen LogP contribution in [-0.4, -0.2) is 18.1 Å². The van der Waals surface area contributed by atoms with Crippen LogP contribution in [-0.2, 0) is 9.53 Å². The molecule has 3 nitrogen and oxygen atoms in total. The summed E-state index contributed by atoms with van der Waals surface area (Å²) in [5.74, 6) is 0.689. The Hall–Kier alpha value is -0.570. The lowest BCUT2D eigenvalue weighted by molar-refractivity contribution is -0.161. The Morgan fingerprint density at radius 3 is 2.20 bits per heavy atom. The van der Waals surface area contributed by atoms with Crippen LogP contribution < -0.4 is 5.73 Å². The fraction of sp³-hybridized carbons (Fsp3) is 0.917. The third-order valence-corrected chi connectivity index (χ3v) is 2.92. The Morgan fingerprint density at radius 1 is 1.27 bits per heavy atom. The van der Waals surface area contributed by atoms with Gasteiger partial charge in [0.15, 0.2) is 0 Å². The minimum absolute atomic E-state index is 0.0297. The first kappa shape index (κ1) is 12.5. The van der Waals surface area contributed by atoms with Gasteiger partial charge in [-0.1, -0.05) is 0 Å². The van der Waals surface area contributed by atoms with E-state index in [1.165, 1.54) is 0 Å². The summed E-state index contributed by atoms with van der Waals surface area (Å²) in [6.07, 6.45) is 4.02. The highest BCUT2D eigenvalue weighted by molar-refractivity contribution is 5.72. The van der Waals surface area contributed by atoms with Crippen LogP contribution in [0.2, 0.25) is 0 Å². The van der Waals surface area contributed by atoms with Crippen molar-refractivity contribution in [1.82, 2.24) is 0 Å². The first-order valence-electron chi connectivity index (χ1n) is 5.85. The van der Waals surface area contributed by atoms with Gasteiger partial charge in [0.05, 0.1) is 5.92 Å². The Kier molecular flexibility index (Phi) is 4.14. The molecule has 0 saturated heterocycles. The Labute approximate surface area is 92.4 Å². The summed E-state index contributed by atoms with van der Waals surface area (Å²) >= 11 is 0. The number of hydrogen-bond acceptors (Lipinski definition) is 3. The van der Waals surface area contributed by atoms with Gasteiger partial charge in [0.2, 0.25) is 0 Å². The van der Waals surface area contributed by atoms with Gasteiger partial charge in [-0.2, -0.15) is 0 Å². The number of nitrogens with two attached hydrogens (primary N) is 1. The van der Waals surface area contributed by atoms with E-state index >= 15 is 0 Å². The molecule has 1 fully saturated rings. The zero-order chi connectivity index (χ0) is 11.5. The van der Waals surface area contributed by atoms with Crippen LogP contribution in [0.1, 0.15) is 46.5 Å². The second-order valence-electron chi connectivity index (χ2n) is 5.49. The molecular weight excluding hydrogens is 190 g/mol. The maximum absolute atomic E-state index is 11.8. The van der Waals surface area contributed by atoms with Crippen molar-refractivity contribution in [2.75, 3.05) is 6.54 Å². The topological polar surface area (TPSA) is 52.3 Å². The van der Waals surface area contributed by atoms with Crippen LogP contribution in [0.3, 0.4) is 0 Å². The maximum Gasteiger partial charge on any atom is 0.309 e. The molecule has 2 N–H and O–H groups in total. The summed E-state index contributed by atoms with van der Waals surface area (Å²) in [6, 6.07) is 0. The van der Waals surface area contributed by atoms with Gasteiger partial charge in [-0.05, 0) is 58.9 Å².